The van der Waals surface area contributed by atoms with Crippen LogP contribution in [0, 0.1) is 0 Å². The summed E-state index contributed by atoms with van der Waals surface area (Å²) in [6.07, 6.45) is -1.85. The number of aliphatic imine (C=N–C) groups is 3. The number of aliphatic hydroxyl groups is 3. The number of thiol groups is 1. The van der Waals surface area contributed by atoms with E-state index in [4.69, 9.17) is 9.84 Å². The fourth-order valence-corrected chi connectivity index (χ4v) is 2.92. The van der Waals surface area contributed by atoms with E-state index >= 15 is 0 Å². The zero-order valence-electron chi connectivity index (χ0n) is 11.5. The van der Waals surface area contributed by atoms with Gasteiger partial charge in [-0.2, -0.15) is 0 Å². The topological polar surface area (TPSA) is 110 Å². The number of ether oxygens (including phenoxy) is 1. The summed E-state index contributed by atoms with van der Waals surface area (Å²) >= 11 is 4.55. The average Bonchev–Trinajstić information content (AvgIpc) is 3.03. The zero-order chi connectivity index (χ0) is 15.2. The third-order valence-corrected chi connectivity index (χ3v) is 4.66. The van der Waals surface area contributed by atoms with Crippen LogP contribution in [0.4, 0.5) is 0 Å². The molecule has 8 nitrogen and oxygen atoms in total. The van der Waals surface area contributed by atoms with E-state index in [9.17, 15) is 10.2 Å². The minimum atomic E-state index is -1.14. The van der Waals surface area contributed by atoms with Crippen molar-refractivity contribution in [1.82, 2.24) is 4.90 Å². The van der Waals surface area contributed by atoms with Crippen molar-refractivity contribution in [2.45, 2.75) is 42.8 Å². The lowest BCUT2D eigenvalue weighted by Gasteiger charge is -2.31. The van der Waals surface area contributed by atoms with Gasteiger partial charge in [0.05, 0.1) is 6.61 Å². The van der Waals surface area contributed by atoms with Gasteiger partial charge in [0, 0.05) is 0 Å². The molecule has 3 aliphatic heterocycles. The molecule has 5 atom stereocenters. The summed E-state index contributed by atoms with van der Waals surface area (Å²) in [5, 5.41) is 29.1. The monoisotopic (exact) mass is 314 g/mol. The predicted octanol–water partition coefficient (Wildman–Crippen LogP) is -1.38. The predicted molar refractivity (Wildman–Crippen MR) is 79.8 cm³/mol. The molecule has 1 fully saturated rings. The molecule has 9 heteroatoms. The Labute approximate surface area is 127 Å². The van der Waals surface area contributed by atoms with E-state index in [0.717, 1.165) is 0 Å². The molecule has 3 rings (SSSR count). The minimum Gasteiger partial charge on any atom is -0.394 e. The number of nitrogens with zero attached hydrogens (tertiary/aromatic N) is 4. The van der Waals surface area contributed by atoms with Gasteiger partial charge in [-0.15, -0.1) is 12.6 Å². The van der Waals surface area contributed by atoms with Crippen molar-refractivity contribution in [2.75, 3.05) is 13.3 Å². The van der Waals surface area contributed by atoms with E-state index < -0.39 is 29.4 Å². The van der Waals surface area contributed by atoms with Crippen LogP contribution in [0.1, 0.15) is 13.3 Å². The molecule has 0 bridgehead atoms. The second-order valence-corrected chi connectivity index (χ2v) is 5.95. The summed E-state index contributed by atoms with van der Waals surface area (Å²) < 4.78 is 5.52. The van der Waals surface area contributed by atoms with Crippen LogP contribution in [0.25, 0.3) is 0 Å². The average molecular weight is 314 g/mol. The number of aliphatic hydroxyl groups excluding tert-OH is 3. The van der Waals surface area contributed by atoms with Crippen LogP contribution >= 0.6 is 12.6 Å². The summed E-state index contributed by atoms with van der Waals surface area (Å²) in [5.74, 6) is 0.539. The first kappa shape index (κ1) is 14.9. The minimum absolute atomic E-state index is 0.242. The number of hydrogen-bond donors (Lipinski definition) is 4. The van der Waals surface area contributed by atoms with Gasteiger partial charge in [-0.05, 0) is 6.42 Å². The molecule has 3 aliphatic rings. The van der Waals surface area contributed by atoms with Crippen molar-refractivity contribution < 1.29 is 20.1 Å². The third-order valence-electron chi connectivity index (χ3n) is 4.01. The Hall–Kier alpha value is -1.00. The molecule has 3 heterocycles. The summed E-state index contributed by atoms with van der Waals surface area (Å²) in [6.45, 7) is 1.83. The van der Waals surface area contributed by atoms with Crippen LogP contribution in [-0.2, 0) is 4.74 Å². The van der Waals surface area contributed by atoms with Gasteiger partial charge in [-0.1, -0.05) is 6.92 Å². The molecule has 0 saturated carbocycles. The van der Waals surface area contributed by atoms with E-state index in [2.05, 4.69) is 27.6 Å². The first-order chi connectivity index (χ1) is 10.0. The SMILES string of the molecule is CCC1(S)N=CN=C2C1=NCN2[C@@H]1O[C@H](CO)[C@@H](O)[C@H]1O. The smallest absolute Gasteiger partial charge is 0.162 e. The maximum atomic E-state index is 10.1. The standard InChI is InChI=1S/C12H18N4O4S/c1-2-12(21)9-10(13-4-15-12)16(5-14-9)11-8(19)7(18)6(3-17)20-11/h4,6-8,11,17-19,21H,2-3,5H2,1H3/t6-,7-,8-,11-,12?/m1/s1. The normalized spacial score (nSPS) is 42.0. The van der Waals surface area contributed by atoms with Gasteiger partial charge in [0.25, 0.3) is 0 Å². The molecule has 0 aromatic heterocycles. The maximum Gasteiger partial charge on any atom is 0.162 e. The van der Waals surface area contributed by atoms with Gasteiger partial charge in [0.15, 0.2) is 12.1 Å². The molecule has 1 saturated heterocycles. The second kappa shape index (κ2) is 5.33. The number of fused-ring (bicyclic) bond motifs is 1. The summed E-state index contributed by atoms with van der Waals surface area (Å²) in [5.41, 5.74) is 0.633. The van der Waals surface area contributed by atoms with Crippen LogP contribution in [0.2, 0.25) is 0 Å². The number of rotatable bonds is 3. The van der Waals surface area contributed by atoms with E-state index in [1.54, 1.807) is 4.90 Å². The molecule has 0 aromatic carbocycles. The largest absolute Gasteiger partial charge is 0.394 e. The molecule has 1 unspecified atom stereocenters. The Bertz CT molecular complexity index is 525. The summed E-state index contributed by atoms with van der Waals surface area (Å²) in [6, 6.07) is 0. The van der Waals surface area contributed by atoms with Crippen LogP contribution < -0.4 is 0 Å². The Kier molecular flexibility index (Phi) is 3.78. The van der Waals surface area contributed by atoms with E-state index in [1.807, 2.05) is 6.92 Å². The highest BCUT2D eigenvalue weighted by atomic mass is 32.1. The van der Waals surface area contributed by atoms with Gasteiger partial charge in [0.2, 0.25) is 0 Å². The van der Waals surface area contributed by atoms with Crippen molar-refractivity contribution >= 4 is 30.5 Å². The molecule has 21 heavy (non-hydrogen) atoms. The Morgan fingerprint density at radius 2 is 2.24 bits per heavy atom. The highest BCUT2D eigenvalue weighted by molar-refractivity contribution is 7.83. The lowest BCUT2D eigenvalue weighted by Crippen LogP contribution is -2.50. The molecule has 0 amide bonds. The first-order valence-electron chi connectivity index (χ1n) is 6.80. The molecular weight excluding hydrogens is 296 g/mol. The van der Waals surface area contributed by atoms with E-state index in [1.165, 1.54) is 6.34 Å². The summed E-state index contributed by atoms with van der Waals surface area (Å²) in [7, 11) is 0. The Morgan fingerprint density at radius 1 is 1.48 bits per heavy atom. The van der Waals surface area contributed by atoms with Crippen molar-refractivity contribution in [2.24, 2.45) is 15.0 Å². The van der Waals surface area contributed by atoms with Gasteiger partial charge < -0.3 is 25.0 Å². The second-order valence-electron chi connectivity index (χ2n) is 5.21. The van der Waals surface area contributed by atoms with Crippen LogP contribution in [0.3, 0.4) is 0 Å². The zero-order valence-corrected chi connectivity index (χ0v) is 12.4. The van der Waals surface area contributed by atoms with Crippen LogP contribution in [-0.4, -0.2) is 80.8 Å². The van der Waals surface area contributed by atoms with Gasteiger partial charge in [-0.25, -0.2) is 9.98 Å². The number of hydrogen-bond acceptors (Lipinski definition) is 9. The van der Waals surface area contributed by atoms with E-state index in [-0.39, 0.29) is 13.3 Å². The fourth-order valence-electron chi connectivity index (χ4n) is 2.70. The van der Waals surface area contributed by atoms with Gasteiger partial charge >= 0.3 is 0 Å². The highest BCUT2D eigenvalue weighted by Gasteiger charge is 2.50. The highest BCUT2D eigenvalue weighted by Crippen LogP contribution is 2.33. The quantitative estimate of drug-likeness (QED) is 0.480. The van der Waals surface area contributed by atoms with Gasteiger partial charge in [-0.3, -0.25) is 4.99 Å². The Morgan fingerprint density at radius 3 is 2.86 bits per heavy atom. The maximum absolute atomic E-state index is 10.1. The first-order valence-corrected chi connectivity index (χ1v) is 7.25. The fraction of sp³-hybridized carbons (Fsp3) is 0.750. The lowest BCUT2D eigenvalue weighted by atomic mass is 10.1. The van der Waals surface area contributed by atoms with Crippen molar-refractivity contribution in [3.63, 3.8) is 0 Å². The van der Waals surface area contributed by atoms with Gasteiger partial charge in [0.1, 0.15) is 41.9 Å². The molecule has 0 aliphatic carbocycles. The molecule has 0 spiro atoms. The molecule has 0 aromatic rings. The Balaban J connectivity index is 1.85. The van der Waals surface area contributed by atoms with E-state index in [0.29, 0.717) is 18.0 Å². The van der Waals surface area contributed by atoms with Crippen molar-refractivity contribution in [1.29, 1.82) is 0 Å². The molecular formula is C12H18N4O4S. The third kappa shape index (κ3) is 2.20. The van der Waals surface area contributed by atoms with Crippen molar-refractivity contribution in [3.8, 4) is 0 Å². The lowest BCUT2D eigenvalue weighted by molar-refractivity contribution is -0.0688. The van der Waals surface area contributed by atoms with Crippen molar-refractivity contribution in [3.05, 3.63) is 0 Å². The summed E-state index contributed by atoms with van der Waals surface area (Å²) in [4.78, 5) is 13.8. The van der Waals surface area contributed by atoms with Crippen LogP contribution in [0.5, 0.6) is 0 Å². The van der Waals surface area contributed by atoms with Crippen LogP contribution in [0.15, 0.2) is 15.0 Å². The molecule has 116 valence electrons. The molecule has 3 N–H and O–H groups in total. The molecule has 0 radical (unpaired) electrons. The number of amidine groups is 1.